The molecule has 10 heteroatoms. The van der Waals surface area contributed by atoms with Crippen LogP contribution in [0.2, 0.25) is 0 Å². The number of halogens is 1. The number of hydrogen-bond donors (Lipinski definition) is 0. The minimum Gasteiger partial charge on any atom is -0.287 e. The van der Waals surface area contributed by atoms with Crippen LogP contribution in [0.5, 0.6) is 0 Å². The molecule has 0 radical (unpaired) electrons. The van der Waals surface area contributed by atoms with Gasteiger partial charge in [0, 0.05) is 30.4 Å². The molecule has 0 amide bonds. The highest BCUT2D eigenvalue weighted by molar-refractivity contribution is 5.68. The van der Waals surface area contributed by atoms with Gasteiger partial charge in [0.15, 0.2) is 0 Å². The molecular weight excluding hydrogens is 513 g/mol. The van der Waals surface area contributed by atoms with E-state index in [0.717, 1.165) is 15.7 Å². The average molecular weight is 540 g/mol. The molecule has 202 valence electrons. The van der Waals surface area contributed by atoms with Gasteiger partial charge in [0.25, 0.3) is 0 Å². The van der Waals surface area contributed by atoms with E-state index in [2.05, 4.69) is 5.10 Å². The van der Waals surface area contributed by atoms with Gasteiger partial charge in [-0.15, -0.1) is 0 Å². The van der Waals surface area contributed by atoms with Gasteiger partial charge in [0.1, 0.15) is 11.5 Å². The molecule has 5 rings (SSSR count). The average Bonchev–Trinajstić information content (AvgIpc) is 3.42. The largest absolute Gasteiger partial charge is 0.358 e. The number of benzene rings is 3. The van der Waals surface area contributed by atoms with Crippen molar-refractivity contribution >= 4 is 5.69 Å². The first-order chi connectivity index (χ1) is 19.4. The van der Waals surface area contributed by atoms with Gasteiger partial charge in [0.05, 0.1) is 17.7 Å². The molecule has 0 N–H and O–H groups in total. The van der Waals surface area contributed by atoms with Gasteiger partial charge < -0.3 is 0 Å². The number of nitrogens with zero attached hydrogens (tertiary/aromatic N) is 5. The fourth-order valence-electron chi connectivity index (χ4n) is 4.69. The molecule has 0 aliphatic heterocycles. The predicted octanol–water partition coefficient (Wildman–Crippen LogP) is 4.45. The topological polar surface area (TPSA) is 105 Å². The van der Waals surface area contributed by atoms with Crippen molar-refractivity contribution in [3.63, 3.8) is 0 Å². The predicted molar refractivity (Wildman–Crippen MR) is 149 cm³/mol. The Balaban J connectivity index is 1.61. The Morgan fingerprint density at radius 3 is 1.98 bits per heavy atom. The lowest BCUT2D eigenvalue weighted by Crippen LogP contribution is -2.42. The van der Waals surface area contributed by atoms with Crippen molar-refractivity contribution in [2.24, 2.45) is 0 Å². The Morgan fingerprint density at radius 2 is 1.38 bits per heavy atom. The molecule has 2 aromatic heterocycles. The van der Waals surface area contributed by atoms with Crippen LogP contribution in [0.3, 0.4) is 0 Å². The van der Waals surface area contributed by atoms with E-state index in [0.29, 0.717) is 18.4 Å². The Bertz CT molecular complexity index is 1760. The van der Waals surface area contributed by atoms with Gasteiger partial charge in [-0.2, -0.15) is 5.10 Å². The second-order valence-electron chi connectivity index (χ2n) is 9.33. The lowest BCUT2D eigenvalue weighted by atomic mass is 10.1. The molecule has 0 unspecified atom stereocenters. The Hall–Kier alpha value is -5.12. The summed E-state index contributed by atoms with van der Waals surface area (Å²) in [6.07, 6.45) is 3.60. The summed E-state index contributed by atoms with van der Waals surface area (Å²) in [5, 5.41) is 16.6. The lowest BCUT2D eigenvalue weighted by Gasteiger charge is -2.15. The first-order valence-electron chi connectivity index (χ1n) is 12.8. The third kappa shape index (κ3) is 5.65. The molecule has 3 aromatic carbocycles. The van der Waals surface area contributed by atoms with Gasteiger partial charge in [-0.3, -0.25) is 28.7 Å². The smallest absolute Gasteiger partial charge is 0.287 e. The van der Waals surface area contributed by atoms with Crippen LogP contribution in [0.1, 0.15) is 16.7 Å². The fourth-order valence-corrected chi connectivity index (χ4v) is 4.69. The van der Waals surface area contributed by atoms with Crippen molar-refractivity contribution in [3.05, 3.63) is 151 Å². The quantitative estimate of drug-likeness (QED) is 0.193. The van der Waals surface area contributed by atoms with Crippen LogP contribution < -0.4 is 11.2 Å². The summed E-state index contributed by atoms with van der Waals surface area (Å²) < 4.78 is 17.9. The van der Waals surface area contributed by atoms with E-state index in [1.54, 1.807) is 18.2 Å². The summed E-state index contributed by atoms with van der Waals surface area (Å²) in [6.45, 7) is 0.159. The van der Waals surface area contributed by atoms with Crippen molar-refractivity contribution in [1.29, 1.82) is 0 Å². The number of hydrogen-bond acceptors (Lipinski definition) is 5. The number of aromatic nitrogens is 4. The summed E-state index contributed by atoms with van der Waals surface area (Å²) in [6, 6.07) is 24.9. The molecule has 0 spiro atoms. The Labute approximate surface area is 228 Å². The summed E-state index contributed by atoms with van der Waals surface area (Å²) in [7, 11) is 0. The second kappa shape index (κ2) is 11.7. The van der Waals surface area contributed by atoms with Gasteiger partial charge in [-0.05, 0) is 30.0 Å². The van der Waals surface area contributed by atoms with Crippen molar-refractivity contribution in [2.75, 3.05) is 0 Å². The highest BCUT2D eigenvalue weighted by Gasteiger charge is 2.29. The van der Waals surface area contributed by atoms with E-state index >= 15 is 0 Å². The second-order valence-corrected chi connectivity index (χ2v) is 9.33. The highest BCUT2D eigenvalue weighted by Crippen LogP contribution is 2.26. The fraction of sp³-hybridized carbons (Fsp3) is 0.167. The van der Waals surface area contributed by atoms with Gasteiger partial charge in [-0.1, -0.05) is 78.9 Å². The molecule has 0 aliphatic carbocycles. The van der Waals surface area contributed by atoms with Crippen LogP contribution in [-0.2, 0) is 32.5 Å². The van der Waals surface area contributed by atoms with Crippen LogP contribution in [-0.4, -0.2) is 23.8 Å². The van der Waals surface area contributed by atoms with Crippen LogP contribution in [0.25, 0.3) is 11.3 Å². The van der Waals surface area contributed by atoms with E-state index in [1.807, 2.05) is 60.7 Å². The number of rotatable bonds is 10. The SMILES string of the molecule is O=c1c([N+](=O)[O-])c(-c2cnn(Cc3ccccc3F)c2)n(CCc2ccccc2)c(=O)n1CCc1ccccc1. The Kier molecular flexibility index (Phi) is 7.77. The standard InChI is InChI=1S/C30H26FN5O4/c31-26-14-8-7-13-24(26)20-33-21-25(19-32-33)27-28(36(39)40)29(37)35(18-16-23-11-5-2-6-12-23)30(38)34(27)17-15-22-9-3-1-4-10-22/h1-14,19,21H,15-18,20H2. The van der Waals surface area contributed by atoms with Gasteiger partial charge in [0.2, 0.25) is 0 Å². The van der Waals surface area contributed by atoms with Crippen molar-refractivity contribution < 1.29 is 9.31 Å². The van der Waals surface area contributed by atoms with Gasteiger partial charge >= 0.3 is 16.9 Å². The van der Waals surface area contributed by atoms with Gasteiger partial charge in [-0.25, -0.2) is 9.18 Å². The molecule has 0 bridgehead atoms. The third-order valence-corrected chi connectivity index (χ3v) is 6.72. The third-order valence-electron chi connectivity index (χ3n) is 6.72. The molecule has 5 aromatic rings. The van der Waals surface area contributed by atoms with Crippen molar-refractivity contribution in [1.82, 2.24) is 18.9 Å². The summed E-state index contributed by atoms with van der Waals surface area (Å²) >= 11 is 0. The molecule has 0 atom stereocenters. The van der Waals surface area contributed by atoms with Crippen LogP contribution in [0.4, 0.5) is 10.1 Å². The maximum atomic E-state index is 14.2. The molecule has 0 saturated carbocycles. The maximum absolute atomic E-state index is 14.2. The zero-order chi connectivity index (χ0) is 28.1. The number of nitro groups is 1. The lowest BCUT2D eigenvalue weighted by molar-refractivity contribution is -0.386. The molecule has 2 heterocycles. The van der Waals surface area contributed by atoms with Crippen LogP contribution in [0, 0.1) is 15.9 Å². The van der Waals surface area contributed by atoms with E-state index in [-0.39, 0.29) is 30.9 Å². The maximum Gasteiger partial charge on any atom is 0.358 e. The molecule has 0 saturated heterocycles. The Morgan fingerprint density at radius 1 is 0.800 bits per heavy atom. The normalized spacial score (nSPS) is 11.0. The minimum absolute atomic E-state index is 0.0132. The molecule has 40 heavy (non-hydrogen) atoms. The zero-order valence-electron chi connectivity index (χ0n) is 21.5. The highest BCUT2D eigenvalue weighted by atomic mass is 19.1. The molecule has 0 aliphatic rings. The molecular formula is C30H26FN5O4. The summed E-state index contributed by atoms with van der Waals surface area (Å²) in [5.74, 6) is -0.411. The zero-order valence-corrected chi connectivity index (χ0v) is 21.5. The van der Waals surface area contributed by atoms with Crippen molar-refractivity contribution in [3.8, 4) is 11.3 Å². The van der Waals surface area contributed by atoms with E-state index in [4.69, 9.17) is 0 Å². The van der Waals surface area contributed by atoms with Crippen LogP contribution in [0.15, 0.2) is 107 Å². The monoisotopic (exact) mass is 539 g/mol. The minimum atomic E-state index is -0.973. The summed E-state index contributed by atoms with van der Waals surface area (Å²) in [4.78, 5) is 38.8. The van der Waals surface area contributed by atoms with E-state index in [9.17, 15) is 24.1 Å². The summed E-state index contributed by atoms with van der Waals surface area (Å²) in [5.41, 5.74) is -0.00747. The van der Waals surface area contributed by atoms with Crippen LogP contribution >= 0.6 is 0 Å². The molecule has 9 nitrogen and oxygen atoms in total. The molecule has 0 fully saturated rings. The first-order valence-corrected chi connectivity index (χ1v) is 12.8. The van der Waals surface area contributed by atoms with E-state index in [1.165, 1.54) is 27.7 Å². The van der Waals surface area contributed by atoms with E-state index < -0.39 is 27.7 Å². The first kappa shape index (κ1) is 26.5. The van der Waals surface area contributed by atoms with Crippen molar-refractivity contribution in [2.45, 2.75) is 32.5 Å². The number of aryl methyl sites for hydroxylation is 2.